The summed E-state index contributed by atoms with van der Waals surface area (Å²) in [6.45, 7) is 3.92. The van der Waals surface area contributed by atoms with E-state index in [4.69, 9.17) is 0 Å². The van der Waals surface area contributed by atoms with E-state index in [1.54, 1.807) is 6.92 Å². The molecule has 0 aliphatic heterocycles. The summed E-state index contributed by atoms with van der Waals surface area (Å²) in [5, 5.41) is 10.3. The van der Waals surface area contributed by atoms with Crippen molar-refractivity contribution >= 4 is 0 Å². The highest BCUT2D eigenvalue weighted by Gasteiger charge is 2.10. The number of unbranched alkanes of at least 4 members (excludes halogenated alkanes) is 7. The number of hydrogen-bond donors (Lipinski definition) is 0. The van der Waals surface area contributed by atoms with Gasteiger partial charge in [-0.2, -0.15) is 0 Å². The number of hydrogen-bond acceptors (Lipinski definition) is 2. The number of nitro groups is 1. The summed E-state index contributed by atoms with van der Waals surface area (Å²) in [6.07, 6.45) is 10.8. The lowest BCUT2D eigenvalue weighted by Gasteiger charge is -2.03. The van der Waals surface area contributed by atoms with Gasteiger partial charge in [0.25, 0.3) is 0 Å². The number of nitrogens with zero attached hydrogens (tertiary/aromatic N) is 1. The lowest BCUT2D eigenvalue weighted by atomic mass is 10.1. The maximum absolute atomic E-state index is 10.3. The molecule has 3 heteroatoms. The molecule has 90 valence electrons. The first-order chi connectivity index (χ1) is 7.18. The Morgan fingerprint density at radius 3 is 1.93 bits per heavy atom. The Morgan fingerprint density at radius 2 is 1.47 bits per heavy atom. The van der Waals surface area contributed by atoms with E-state index in [0.717, 1.165) is 19.3 Å². The number of rotatable bonds is 10. The summed E-state index contributed by atoms with van der Waals surface area (Å²) in [5.74, 6) is 0. The van der Waals surface area contributed by atoms with Crippen molar-refractivity contribution in [2.45, 2.75) is 77.7 Å². The van der Waals surface area contributed by atoms with Crippen LogP contribution in [0.25, 0.3) is 0 Å². The predicted octanol–water partition coefficient (Wildman–Crippen LogP) is 4.18. The minimum absolute atomic E-state index is 0.179. The molecular formula is C12H25NO2. The molecule has 0 radical (unpaired) electrons. The van der Waals surface area contributed by atoms with Crippen LogP contribution in [0.3, 0.4) is 0 Å². The fourth-order valence-electron chi connectivity index (χ4n) is 1.68. The minimum atomic E-state index is -0.356. The third-order valence-electron chi connectivity index (χ3n) is 2.84. The minimum Gasteiger partial charge on any atom is -0.264 e. The highest BCUT2D eigenvalue weighted by atomic mass is 16.6. The topological polar surface area (TPSA) is 43.1 Å². The largest absolute Gasteiger partial charge is 0.264 e. The molecule has 0 aliphatic rings. The molecule has 0 aliphatic carbocycles. The van der Waals surface area contributed by atoms with Crippen LogP contribution in [-0.4, -0.2) is 11.0 Å². The van der Waals surface area contributed by atoms with Crippen LogP contribution in [0.4, 0.5) is 0 Å². The van der Waals surface area contributed by atoms with E-state index in [-0.39, 0.29) is 11.0 Å². The van der Waals surface area contributed by atoms with Crippen molar-refractivity contribution in [2.75, 3.05) is 0 Å². The van der Waals surface area contributed by atoms with Gasteiger partial charge in [0.1, 0.15) is 0 Å². The molecule has 0 aromatic rings. The molecule has 15 heavy (non-hydrogen) atoms. The zero-order chi connectivity index (χ0) is 11.5. The summed E-state index contributed by atoms with van der Waals surface area (Å²) < 4.78 is 0. The summed E-state index contributed by atoms with van der Waals surface area (Å²) in [7, 11) is 0. The maximum atomic E-state index is 10.3. The van der Waals surface area contributed by atoms with Gasteiger partial charge in [0.15, 0.2) is 0 Å². The maximum Gasteiger partial charge on any atom is 0.210 e. The molecule has 3 nitrogen and oxygen atoms in total. The second-order valence-corrected chi connectivity index (χ2v) is 4.40. The highest BCUT2D eigenvalue weighted by Crippen LogP contribution is 2.11. The summed E-state index contributed by atoms with van der Waals surface area (Å²) in [5.41, 5.74) is 0. The highest BCUT2D eigenvalue weighted by molar-refractivity contribution is 4.51. The van der Waals surface area contributed by atoms with Gasteiger partial charge >= 0.3 is 0 Å². The normalized spacial score (nSPS) is 12.7. The molecule has 0 saturated carbocycles. The molecule has 1 atom stereocenters. The first-order valence-electron chi connectivity index (χ1n) is 6.32. The molecule has 0 N–H and O–H groups in total. The van der Waals surface area contributed by atoms with Crippen molar-refractivity contribution in [3.05, 3.63) is 10.1 Å². The van der Waals surface area contributed by atoms with E-state index in [1.165, 1.54) is 38.5 Å². The average molecular weight is 215 g/mol. The van der Waals surface area contributed by atoms with Crippen molar-refractivity contribution in [3.63, 3.8) is 0 Å². The monoisotopic (exact) mass is 215 g/mol. The second kappa shape index (κ2) is 9.94. The Morgan fingerprint density at radius 1 is 1.00 bits per heavy atom. The van der Waals surface area contributed by atoms with Crippen LogP contribution in [0.1, 0.15) is 71.6 Å². The molecule has 0 spiro atoms. The van der Waals surface area contributed by atoms with Crippen LogP contribution < -0.4 is 0 Å². The Kier molecular flexibility index (Phi) is 9.54. The van der Waals surface area contributed by atoms with E-state index >= 15 is 0 Å². The molecule has 0 rings (SSSR count). The van der Waals surface area contributed by atoms with Crippen LogP contribution in [0.2, 0.25) is 0 Å². The van der Waals surface area contributed by atoms with Gasteiger partial charge in [-0.15, -0.1) is 0 Å². The zero-order valence-electron chi connectivity index (χ0n) is 10.2. The zero-order valence-corrected chi connectivity index (χ0v) is 10.2. The predicted molar refractivity (Wildman–Crippen MR) is 63.7 cm³/mol. The molecule has 0 saturated heterocycles. The molecule has 0 bridgehead atoms. The van der Waals surface area contributed by atoms with Gasteiger partial charge in [-0.1, -0.05) is 51.9 Å². The first kappa shape index (κ1) is 14.4. The van der Waals surface area contributed by atoms with Crippen LogP contribution >= 0.6 is 0 Å². The Bertz CT molecular complexity index is 160. The third-order valence-corrected chi connectivity index (χ3v) is 2.84. The summed E-state index contributed by atoms with van der Waals surface area (Å²) in [6, 6.07) is -0.356. The third kappa shape index (κ3) is 9.70. The smallest absolute Gasteiger partial charge is 0.210 e. The molecule has 0 aromatic carbocycles. The van der Waals surface area contributed by atoms with E-state index in [0.29, 0.717) is 0 Å². The van der Waals surface area contributed by atoms with Crippen LogP contribution in [0, 0.1) is 10.1 Å². The quantitative estimate of drug-likeness (QED) is 0.311. The molecule has 0 aromatic heterocycles. The van der Waals surface area contributed by atoms with E-state index in [2.05, 4.69) is 6.92 Å². The van der Waals surface area contributed by atoms with Gasteiger partial charge in [0, 0.05) is 18.3 Å². The summed E-state index contributed by atoms with van der Waals surface area (Å²) >= 11 is 0. The fraction of sp³-hybridized carbons (Fsp3) is 1.00. The molecule has 0 amide bonds. The Hall–Kier alpha value is -0.600. The Balaban J connectivity index is 3.08. The molecule has 0 fully saturated rings. The van der Waals surface area contributed by atoms with Gasteiger partial charge in [-0.3, -0.25) is 10.1 Å². The van der Waals surface area contributed by atoms with E-state index < -0.39 is 0 Å². The van der Waals surface area contributed by atoms with Crippen molar-refractivity contribution in [1.29, 1.82) is 0 Å². The van der Waals surface area contributed by atoms with E-state index in [9.17, 15) is 10.1 Å². The molecular weight excluding hydrogens is 190 g/mol. The van der Waals surface area contributed by atoms with Crippen molar-refractivity contribution < 1.29 is 4.92 Å². The average Bonchev–Trinajstić information content (AvgIpc) is 2.21. The van der Waals surface area contributed by atoms with Crippen LogP contribution in [0.15, 0.2) is 0 Å². The van der Waals surface area contributed by atoms with Gasteiger partial charge in [-0.25, -0.2) is 0 Å². The fourth-order valence-corrected chi connectivity index (χ4v) is 1.68. The lowest BCUT2D eigenvalue weighted by molar-refractivity contribution is -0.519. The molecule has 1 unspecified atom stereocenters. The standard InChI is InChI=1S/C12H25NO2/c1-3-4-5-6-7-8-9-10-11-12(2)13(14)15/h12H,3-11H2,1-2H3. The van der Waals surface area contributed by atoms with Gasteiger partial charge < -0.3 is 0 Å². The Labute approximate surface area is 93.4 Å². The van der Waals surface area contributed by atoms with Gasteiger partial charge in [0.2, 0.25) is 6.04 Å². The van der Waals surface area contributed by atoms with Crippen LogP contribution in [-0.2, 0) is 0 Å². The molecule has 0 heterocycles. The first-order valence-corrected chi connectivity index (χ1v) is 6.32. The van der Waals surface area contributed by atoms with Crippen molar-refractivity contribution in [3.8, 4) is 0 Å². The van der Waals surface area contributed by atoms with Crippen molar-refractivity contribution in [1.82, 2.24) is 0 Å². The van der Waals surface area contributed by atoms with Crippen molar-refractivity contribution in [2.24, 2.45) is 0 Å². The SMILES string of the molecule is CCCCCCCCCCC(C)[N+](=O)[O-]. The lowest BCUT2D eigenvalue weighted by Crippen LogP contribution is -2.14. The van der Waals surface area contributed by atoms with E-state index in [1.807, 2.05) is 0 Å². The van der Waals surface area contributed by atoms with Gasteiger partial charge in [-0.05, 0) is 6.42 Å². The second-order valence-electron chi connectivity index (χ2n) is 4.40. The summed E-state index contributed by atoms with van der Waals surface area (Å²) in [4.78, 5) is 10.2. The van der Waals surface area contributed by atoms with Crippen LogP contribution in [0.5, 0.6) is 0 Å². The van der Waals surface area contributed by atoms with Gasteiger partial charge in [0.05, 0.1) is 0 Å².